The van der Waals surface area contributed by atoms with Gasteiger partial charge in [-0.3, -0.25) is 14.4 Å². The molecule has 10 nitrogen and oxygen atoms in total. The van der Waals surface area contributed by atoms with E-state index in [1.54, 1.807) is 31.2 Å². The number of hydrogen-bond donors (Lipinski definition) is 2. The largest absolute Gasteiger partial charge is 0.495 e. The van der Waals surface area contributed by atoms with Gasteiger partial charge >= 0.3 is 11.9 Å². The number of methoxy groups -OCH3 is 1. The third-order valence-electron chi connectivity index (χ3n) is 7.84. The summed E-state index contributed by atoms with van der Waals surface area (Å²) in [6.45, 7) is 7.07. The molecule has 11 heteroatoms. The summed E-state index contributed by atoms with van der Waals surface area (Å²) in [6.07, 6.45) is 2.43. The second-order valence-corrected chi connectivity index (χ2v) is 11.6. The number of carbonyl (C=O) groups excluding carboxylic acids is 4. The molecule has 2 aromatic carbocycles. The molecule has 2 N–H and O–H groups in total. The Morgan fingerprint density at radius 2 is 1.84 bits per heavy atom. The lowest BCUT2D eigenvalue weighted by atomic mass is 9.93. The highest BCUT2D eigenvalue weighted by molar-refractivity contribution is 6.32. The third-order valence-corrected chi connectivity index (χ3v) is 8.13. The molecule has 0 unspecified atom stereocenters. The van der Waals surface area contributed by atoms with Crippen LogP contribution in [0.25, 0.3) is 0 Å². The van der Waals surface area contributed by atoms with Crippen LogP contribution in [0.5, 0.6) is 5.75 Å². The summed E-state index contributed by atoms with van der Waals surface area (Å²) in [4.78, 5) is 52.5. The molecule has 2 aromatic rings. The molecule has 2 aliphatic rings. The standard InChI is InChI=1S/C34H39ClN2O8/c1-5-10-28-34(41)43-26(21(3)30-31(45-30)23-11-7-6-8-12-23)13-9-14-29(38)37-25(32(39)36-19-20(2)33(40)44-28)18-22-15-16-27(42-4)24(35)17-22/h5-9,11-12,14-17,20-21,25-26,28,30-31H,1,10,13,18-19H2,2-4H3,(H,36,39)(H,37,38)/b14-9+/t20-,21+,25-,26+,28+,30-,31-/m1/s1. The minimum absolute atomic E-state index is 0.0437. The van der Waals surface area contributed by atoms with Gasteiger partial charge in [-0.2, -0.15) is 0 Å². The lowest BCUT2D eigenvalue weighted by Crippen LogP contribution is -2.49. The molecule has 0 spiro atoms. The van der Waals surface area contributed by atoms with E-state index in [-0.39, 0.29) is 43.9 Å². The summed E-state index contributed by atoms with van der Waals surface area (Å²) in [5.41, 5.74) is 1.70. The van der Waals surface area contributed by atoms with Crippen molar-refractivity contribution in [3.8, 4) is 5.75 Å². The second-order valence-electron chi connectivity index (χ2n) is 11.2. The first-order valence-corrected chi connectivity index (χ1v) is 15.3. The van der Waals surface area contributed by atoms with Gasteiger partial charge in [0.2, 0.25) is 17.9 Å². The smallest absolute Gasteiger partial charge is 0.348 e. The zero-order chi connectivity index (χ0) is 32.5. The van der Waals surface area contributed by atoms with E-state index in [9.17, 15) is 19.2 Å². The first-order valence-electron chi connectivity index (χ1n) is 14.9. The van der Waals surface area contributed by atoms with Gasteiger partial charge in [-0.1, -0.05) is 74.0 Å². The molecule has 1 saturated heterocycles. The van der Waals surface area contributed by atoms with E-state index in [1.807, 2.05) is 37.3 Å². The molecule has 2 heterocycles. The number of esters is 2. The first-order chi connectivity index (χ1) is 21.6. The molecule has 1 fully saturated rings. The van der Waals surface area contributed by atoms with Gasteiger partial charge in [0.15, 0.2) is 0 Å². The molecule has 0 saturated carbocycles. The summed E-state index contributed by atoms with van der Waals surface area (Å²) < 4.78 is 22.6. The molecular weight excluding hydrogens is 600 g/mol. The van der Waals surface area contributed by atoms with Crippen molar-refractivity contribution >= 4 is 35.4 Å². The van der Waals surface area contributed by atoms with Crippen LogP contribution in [0, 0.1) is 11.8 Å². The Labute approximate surface area is 268 Å². The van der Waals surface area contributed by atoms with Gasteiger partial charge in [0.05, 0.1) is 24.2 Å². The van der Waals surface area contributed by atoms with E-state index >= 15 is 0 Å². The van der Waals surface area contributed by atoms with Crippen LogP contribution < -0.4 is 15.4 Å². The highest BCUT2D eigenvalue weighted by Gasteiger charge is 2.47. The molecule has 2 amide bonds. The van der Waals surface area contributed by atoms with Crippen LogP contribution in [-0.2, 0) is 39.8 Å². The Balaban J connectivity index is 1.57. The fourth-order valence-electron chi connectivity index (χ4n) is 5.11. The molecule has 0 aromatic heterocycles. The van der Waals surface area contributed by atoms with Crippen LogP contribution in [0.15, 0.2) is 73.3 Å². The average molecular weight is 639 g/mol. The van der Waals surface area contributed by atoms with Gasteiger partial charge in [0.25, 0.3) is 0 Å². The average Bonchev–Trinajstić information content (AvgIpc) is 3.83. The van der Waals surface area contributed by atoms with Crippen molar-refractivity contribution in [3.05, 3.63) is 89.5 Å². The number of epoxide rings is 1. The number of amides is 2. The number of carbonyl (C=O) groups is 4. The maximum Gasteiger partial charge on any atom is 0.348 e. The van der Waals surface area contributed by atoms with Gasteiger partial charge < -0.3 is 29.6 Å². The number of benzene rings is 2. The number of ether oxygens (including phenoxy) is 4. The summed E-state index contributed by atoms with van der Waals surface area (Å²) >= 11 is 6.28. The molecule has 7 atom stereocenters. The summed E-state index contributed by atoms with van der Waals surface area (Å²) in [6, 6.07) is 13.8. The van der Waals surface area contributed by atoms with Crippen LogP contribution in [0.1, 0.15) is 43.9 Å². The lowest BCUT2D eigenvalue weighted by Gasteiger charge is -2.26. The van der Waals surface area contributed by atoms with Crippen LogP contribution in [0.4, 0.5) is 0 Å². The zero-order valence-electron chi connectivity index (χ0n) is 25.6. The Kier molecular flexibility index (Phi) is 11.8. The van der Waals surface area contributed by atoms with E-state index < -0.39 is 47.9 Å². The highest BCUT2D eigenvalue weighted by atomic mass is 35.5. The van der Waals surface area contributed by atoms with Crippen molar-refractivity contribution in [2.75, 3.05) is 13.7 Å². The Morgan fingerprint density at radius 1 is 1.09 bits per heavy atom. The molecule has 45 heavy (non-hydrogen) atoms. The predicted molar refractivity (Wildman–Crippen MR) is 167 cm³/mol. The Hall–Kier alpha value is -4.15. The van der Waals surface area contributed by atoms with E-state index in [0.29, 0.717) is 16.3 Å². The predicted octanol–water partition coefficient (Wildman–Crippen LogP) is 4.26. The molecule has 4 rings (SSSR count). The second kappa shape index (κ2) is 15.7. The van der Waals surface area contributed by atoms with Crippen molar-refractivity contribution in [1.29, 1.82) is 0 Å². The summed E-state index contributed by atoms with van der Waals surface area (Å²) in [5.74, 6) is -3.00. The topological polar surface area (TPSA) is 133 Å². The van der Waals surface area contributed by atoms with Crippen molar-refractivity contribution in [1.82, 2.24) is 10.6 Å². The van der Waals surface area contributed by atoms with Crippen LogP contribution in [0.3, 0.4) is 0 Å². The number of halogens is 1. The maximum absolute atomic E-state index is 13.3. The van der Waals surface area contributed by atoms with Gasteiger partial charge in [0.1, 0.15) is 24.0 Å². The van der Waals surface area contributed by atoms with Crippen molar-refractivity contribution in [3.63, 3.8) is 0 Å². The molecule has 2 aliphatic heterocycles. The fraction of sp³-hybridized carbons (Fsp3) is 0.412. The monoisotopic (exact) mass is 638 g/mol. The normalized spacial score (nSPS) is 27.6. The summed E-state index contributed by atoms with van der Waals surface area (Å²) in [7, 11) is 1.50. The molecule has 0 bridgehead atoms. The summed E-state index contributed by atoms with van der Waals surface area (Å²) in [5, 5.41) is 5.81. The van der Waals surface area contributed by atoms with E-state index in [1.165, 1.54) is 19.3 Å². The SMILES string of the molecule is C=CC[C@@H]1OC(=O)[C@H](C)CNC(=O)[C@@H](Cc2ccc(OC)c(Cl)c2)NC(=O)/C=C/C[C@@H]([C@H](C)[C@H]2O[C@@H]2c2ccccc2)OC1=O. The van der Waals surface area contributed by atoms with Crippen molar-refractivity contribution in [2.24, 2.45) is 11.8 Å². The van der Waals surface area contributed by atoms with E-state index in [0.717, 1.165) is 5.56 Å². The van der Waals surface area contributed by atoms with Crippen LogP contribution in [0.2, 0.25) is 5.02 Å². The quantitative estimate of drug-likeness (QED) is 0.249. The van der Waals surface area contributed by atoms with Crippen LogP contribution >= 0.6 is 11.6 Å². The minimum Gasteiger partial charge on any atom is -0.495 e. The fourth-order valence-corrected chi connectivity index (χ4v) is 5.39. The minimum atomic E-state index is -1.22. The van der Waals surface area contributed by atoms with Gasteiger partial charge in [0, 0.05) is 31.7 Å². The zero-order valence-corrected chi connectivity index (χ0v) is 26.3. The molecular formula is C34H39ClN2O8. The van der Waals surface area contributed by atoms with E-state index in [2.05, 4.69) is 17.2 Å². The first kappa shape index (κ1) is 33.7. The van der Waals surface area contributed by atoms with Gasteiger partial charge in [-0.25, -0.2) is 4.79 Å². The van der Waals surface area contributed by atoms with E-state index in [4.69, 9.17) is 30.5 Å². The molecule has 0 aliphatic carbocycles. The maximum atomic E-state index is 13.3. The number of rotatable bonds is 8. The Morgan fingerprint density at radius 3 is 2.53 bits per heavy atom. The lowest BCUT2D eigenvalue weighted by molar-refractivity contribution is -0.175. The van der Waals surface area contributed by atoms with Crippen LogP contribution in [-0.4, -0.2) is 61.8 Å². The Bertz CT molecular complexity index is 1410. The number of hydrogen-bond acceptors (Lipinski definition) is 8. The molecule has 240 valence electrons. The third kappa shape index (κ3) is 9.18. The van der Waals surface area contributed by atoms with Crippen molar-refractivity contribution in [2.45, 2.75) is 63.6 Å². The number of nitrogens with one attached hydrogen (secondary N) is 2. The molecule has 0 radical (unpaired) electrons. The van der Waals surface area contributed by atoms with Crippen molar-refractivity contribution < 1.29 is 38.1 Å². The van der Waals surface area contributed by atoms with Gasteiger partial charge in [-0.05, 0) is 29.3 Å². The number of cyclic esters (lactones) is 2. The highest BCUT2D eigenvalue weighted by Crippen LogP contribution is 2.45. The van der Waals surface area contributed by atoms with Gasteiger partial charge in [-0.15, -0.1) is 6.58 Å².